The van der Waals surface area contributed by atoms with Crippen LogP contribution in [0.3, 0.4) is 0 Å². The number of methoxy groups -OCH3 is 1. The van der Waals surface area contributed by atoms with Gasteiger partial charge in [-0.05, 0) is 20.3 Å². The van der Waals surface area contributed by atoms with Gasteiger partial charge in [-0.3, -0.25) is 0 Å². The lowest BCUT2D eigenvalue weighted by Gasteiger charge is -2.07. The van der Waals surface area contributed by atoms with Gasteiger partial charge in [0.25, 0.3) is 0 Å². The van der Waals surface area contributed by atoms with E-state index in [-0.39, 0.29) is 0 Å². The lowest BCUT2D eigenvalue weighted by molar-refractivity contribution is 0.200. The molecule has 7 heteroatoms. The van der Waals surface area contributed by atoms with E-state index in [2.05, 4.69) is 20.3 Å². The molecule has 1 aromatic heterocycles. The van der Waals surface area contributed by atoms with Crippen molar-refractivity contribution in [1.82, 2.24) is 15.0 Å². The molecule has 0 amide bonds. The summed E-state index contributed by atoms with van der Waals surface area (Å²) in [6.45, 7) is 5.96. The van der Waals surface area contributed by atoms with Gasteiger partial charge in [0.15, 0.2) is 5.16 Å². The number of aromatic nitrogens is 3. The van der Waals surface area contributed by atoms with Gasteiger partial charge in [-0.15, -0.1) is 0 Å². The average Bonchev–Trinajstić information content (AvgIpc) is 2.35. The average molecular weight is 272 g/mol. The molecule has 0 spiro atoms. The number of hydrogen-bond donors (Lipinski definition) is 1. The number of thioether (sulfide) groups is 1. The van der Waals surface area contributed by atoms with Crippen LogP contribution in [0.25, 0.3) is 0 Å². The van der Waals surface area contributed by atoms with Crippen LogP contribution in [0, 0.1) is 0 Å². The molecule has 1 N–H and O–H groups in total. The molecule has 0 unspecified atom stereocenters. The third-order valence-corrected chi connectivity index (χ3v) is 2.86. The van der Waals surface area contributed by atoms with Crippen molar-refractivity contribution >= 4 is 17.7 Å². The van der Waals surface area contributed by atoms with Gasteiger partial charge in [-0.1, -0.05) is 11.8 Å². The Hall–Kier alpha value is -1.08. The van der Waals surface area contributed by atoms with Gasteiger partial charge in [0.1, 0.15) is 0 Å². The second-order valence-electron chi connectivity index (χ2n) is 3.38. The third-order valence-electron chi connectivity index (χ3n) is 1.93. The summed E-state index contributed by atoms with van der Waals surface area (Å²) in [5, 5.41) is 3.75. The zero-order valence-electron chi connectivity index (χ0n) is 11.1. The zero-order chi connectivity index (χ0) is 13.2. The Balaban J connectivity index is 2.63. The summed E-state index contributed by atoms with van der Waals surface area (Å²) < 4.78 is 10.3. The minimum absolute atomic E-state index is 0.373. The van der Waals surface area contributed by atoms with Gasteiger partial charge < -0.3 is 14.8 Å². The Morgan fingerprint density at radius 1 is 1.22 bits per heavy atom. The molecule has 0 aliphatic carbocycles. The summed E-state index contributed by atoms with van der Waals surface area (Å²) >= 11 is 1.58. The molecule has 0 aromatic carbocycles. The molecule has 0 aliphatic heterocycles. The zero-order valence-corrected chi connectivity index (χ0v) is 11.9. The predicted octanol–water partition coefficient (Wildman–Crippen LogP) is 1.83. The molecular weight excluding hydrogens is 252 g/mol. The predicted molar refractivity (Wildman–Crippen MR) is 72.4 cm³/mol. The van der Waals surface area contributed by atoms with E-state index in [1.807, 2.05) is 13.8 Å². The smallest absolute Gasteiger partial charge is 0.322 e. The molecule has 0 bridgehead atoms. The maximum atomic E-state index is 5.32. The Kier molecular flexibility index (Phi) is 7.43. The van der Waals surface area contributed by atoms with Crippen LogP contribution in [0.2, 0.25) is 0 Å². The fourth-order valence-electron chi connectivity index (χ4n) is 1.20. The maximum absolute atomic E-state index is 5.32. The SMILES string of the molecule is CCNc1nc(OCC)nc(SCCCOC)n1. The maximum Gasteiger partial charge on any atom is 0.322 e. The molecule has 0 radical (unpaired) electrons. The largest absolute Gasteiger partial charge is 0.464 e. The molecule has 0 fully saturated rings. The van der Waals surface area contributed by atoms with Crippen LogP contribution in [0.4, 0.5) is 5.95 Å². The Labute approximate surface area is 112 Å². The van der Waals surface area contributed by atoms with Gasteiger partial charge in [-0.2, -0.15) is 15.0 Å². The van der Waals surface area contributed by atoms with Crippen molar-refractivity contribution < 1.29 is 9.47 Å². The monoisotopic (exact) mass is 272 g/mol. The minimum Gasteiger partial charge on any atom is -0.464 e. The Bertz CT molecular complexity index is 328. The normalized spacial score (nSPS) is 10.4. The van der Waals surface area contributed by atoms with E-state index in [0.717, 1.165) is 25.3 Å². The first-order chi connectivity index (χ1) is 8.80. The van der Waals surface area contributed by atoms with Crippen LogP contribution in [-0.2, 0) is 4.74 Å². The quantitative estimate of drug-likeness (QED) is 0.543. The number of nitrogens with one attached hydrogen (secondary N) is 1. The van der Waals surface area contributed by atoms with E-state index in [1.165, 1.54) is 0 Å². The van der Waals surface area contributed by atoms with E-state index in [0.29, 0.717) is 23.7 Å². The van der Waals surface area contributed by atoms with Crippen molar-refractivity contribution in [1.29, 1.82) is 0 Å². The van der Waals surface area contributed by atoms with E-state index >= 15 is 0 Å². The number of ether oxygens (including phenoxy) is 2. The number of hydrogen-bond acceptors (Lipinski definition) is 7. The summed E-state index contributed by atoms with van der Waals surface area (Å²) in [7, 11) is 1.70. The molecule has 1 rings (SSSR count). The van der Waals surface area contributed by atoms with Gasteiger partial charge in [0.2, 0.25) is 5.95 Å². The molecule has 0 saturated carbocycles. The topological polar surface area (TPSA) is 69.2 Å². The molecule has 18 heavy (non-hydrogen) atoms. The summed E-state index contributed by atoms with van der Waals surface area (Å²) in [4.78, 5) is 12.7. The van der Waals surface area contributed by atoms with Crippen LogP contribution in [0.15, 0.2) is 5.16 Å². The van der Waals surface area contributed by atoms with E-state index in [1.54, 1.807) is 18.9 Å². The molecule has 0 saturated heterocycles. The lowest BCUT2D eigenvalue weighted by atomic mass is 10.5. The summed E-state index contributed by atoms with van der Waals surface area (Å²) in [5.74, 6) is 1.47. The first kappa shape index (κ1) is 15.0. The van der Waals surface area contributed by atoms with Crippen LogP contribution in [0.5, 0.6) is 6.01 Å². The fourth-order valence-corrected chi connectivity index (χ4v) is 1.94. The van der Waals surface area contributed by atoms with Crippen molar-refractivity contribution in [2.24, 2.45) is 0 Å². The Morgan fingerprint density at radius 2 is 2.06 bits per heavy atom. The van der Waals surface area contributed by atoms with Crippen LogP contribution >= 0.6 is 11.8 Å². The number of rotatable bonds is 9. The van der Waals surface area contributed by atoms with Crippen molar-refractivity contribution in [3.63, 3.8) is 0 Å². The summed E-state index contributed by atoms with van der Waals surface area (Å²) in [5.41, 5.74) is 0. The fraction of sp³-hybridized carbons (Fsp3) is 0.727. The molecule has 6 nitrogen and oxygen atoms in total. The molecule has 1 aromatic rings. The van der Waals surface area contributed by atoms with Crippen molar-refractivity contribution in [3.8, 4) is 6.01 Å². The highest BCUT2D eigenvalue weighted by Gasteiger charge is 2.07. The highest BCUT2D eigenvalue weighted by Crippen LogP contribution is 2.18. The highest BCUT2D eigenvalue weighted by atomic mass is 32.2. The second-order valence-corrected chi connectivity index (χ2v) is 4.44. The van der Waals surface area contributed by atoms with Crippen LogP contribution in [0.1, 0.15) is 20.3 Å². The minimum atomic E-state index is 0.373. The van der Waals surface area contributed by atoms with E-state index < -0.39 is 0 Å². The van der Waals surface area contributed by atoms with Gasteiger partial charge in [0, 0.05) is 26.0 Å². The van der Waals surface area contributed by atoms with E-state index in [9.17, 15) is 0 Å². The van der Waals surface area contributed by atoms with Crippen molar-refractivity contribution in [2.45, 2.75) is 25.4 Å². The summed E-state index contributed by atoms with van der Waals surface area (Å²) in [6.07, 6.45) is 0.966. The van der Waals surface area contributed by atoms with Crippen molar-refractivity contribution in [2.75, 3.05) is 37.9 Å². The van der Waals surface area contributed by atoms with Gasteiger partial charge >= 0.3 is 6.01 Å². The van der Waals surface area contributed by atoms with E-state index in [4.69, 9.17) is 9.47 Å². The molecular formula is C11H20N4O2S. The third kappa shape index (κ3) is 5.50. The molecule has 0 atom stereocenters. The van der Waals surface area contributed by atoms with Gasteiger partial charge in [-0.25, -0.2) is 0 Å². The van der Waals surface area contributed by atoms with Crippen LogP contribution in [-0.4, -0.2) is 47.6 Å². The number of nitrogens with zero attached hydrogens (tertiary/aromatic N) is 3. The molecule has 0 aliphatic rings. The van der Waals surface area contributed by atoms with Gasteiger partial charge in [0.05, 0.1) is 6.61 Å². The number of anilines is 1. The van der Waals surface area contributed by atoms with Crippen molar-refractivity contribution in [3.05, 3.63) is 0 Å². The Morgan fingerprint density at radius 3 is 2.72 bits per heavy atom. The van der Waals surface area contributed by atoms with Crippen LogP contribution < -0.4 is 10.1 Å². The lowest BCUT2D eigenvalue weighted by Crippen LogP contribution is -2.07. The first-order valence-corrected chi connectivity index (χ1v) is 7.03. The second kappa shape index (κ2) is 8.93. The first-order valence-electron chi connectivity index (χ1n) is 6.04. The summed E-state index contributed by atoms with van der Waals surface area (Å²) in [6, 6.07) is 0.373. The molecule has 102 valence electrons. The molecule has 1 heterocycles. The highest BCUT2D eigenvalue weighted by molar-refractivity contribution is 7.99. The standard InChI is InChI=1S/C11H20N4O2S/c1-4-12-9-13-10(17-5-2)15-11(14-9)18-8-6-7-16-3/h4-8H2,1-3H3,(H,12,13,14,15).